The number of anilines is 1. The second-order valence-corrected chi connectivity index (χ2v) is 8.72. The molecule has 0 aliphatic rings. The van der Waals surface area contributed by atoms with E-state index in [9.17, 15) is 0 Å². The summed E-state index contributed by atoms with van der Waals surface area (Å²) in [5.41, 5.74) is 11.7. The summed E-state index contributed by atoms with van der Waals surface area (Å²) in [7, 11) is 1.64. The van der Waals surface area contributed by atoms with Crippen molar-refractivity contribution >= 4 is 5.95 Å². The van der Waals surface area contributed by atoms with Gasteiger partial charge in [0.15, 0.2) is 0 Å². The first-order valence-corrected chi connectivity index (χ1v) is 10.4. The Kier molecular flexibility index (Phi) is 5.61. The van der Waals surface area contributed by atoms with Crippen molar-refractivity contribution in [2.75, 3.05) is 12.8 Å². The van der Waals surface area contributed by atoms with Gasteiger partial charge in [-0.1, -0.05) is 44.2 Å². The highest BCUT2D eigenvalue weighted by Crippen LogP contribution is 2.33. The van der Waals surface area contributed by atoms with Gasteiger partial charge in [-0.25, -0.2) is 14.6 Å². The third-order valence-electron chi connectivity index (χ3n) is 5.14. The summed E-state index contributed by atoms with van der Waals surface area (Å²) in [6.07, 6.45) is 1.84. The van der Waals surface area contributed by atoms with Gasteiger partial charge in [-0.2, -0.15) is 0 Å². The zero-order valence-electron chi connectivity index (χ0n) is 19.0. The molecule has 4 rings (SSSR count). The zero-order chi connectivity index (χ0) is 22.9. The van der Waals surface area contributed by atoms with Crippen molar-refractivity contribution in [2.45, 2.75) is 39.7 Å². The Morgan fingerprint density at radius 2 is 1.72 bits per heavy atom. The number of rotatable bonds is 5. The van der Waals surface area contributed by atoms with Crippen molar-refractivity contribution < 1.29 is 4.74 Å². The van der Waals surface area contributed by atoms with Gasteiger partial charge in [0.05, 0.1) is 36.9 Å². The van der Waals surface area contributed by atoms with E-state index in [1.807, 2.05) is 55.6 Å². The molecule has 32 heavy (non-hydrogen) atoms. The standard InChI is InChI=1S/C24H27N7O/c1-15-8-6-10-17(22(15)32-5)18-12-19(28-23(25)27-18)20-14-31(30-29-20)13-16-9-7-11-21(26-16)24(2,3)4/h6-12,14H,13H2,1-5H3,(H2,25,27,28). The number of nitrogens with zero attached hydrogens (tertiary/aromatic N) is 6. The Bertz CT molecular complexity index is 1260. The first-order chi connectivity index (χ1) is 15.2. The van der Waals surface area contributed by atoms with Gasteiger partial charge in [0.25, 0.3) is 0 Å². The van der Waals surface area contributed by atoms with Crippen LogP contribution in [0.2, 0.25) is 0 Å². The molecule has 8 nitrogen and oxygen atoms in total. The summed E-state index contributed by atoms with van der Waals surface area (Å²) in [5, 5.41) is 8.56. The first-order valence-electron chi connectivity index (χ1n) is 10.4. The molecule has 2 N–H and O–H groups in total. The molecule has 0 spiro atoms. The molecular weight excluding hydrogens is 402 g/mol. The molecule has 0 radical (unpaired) electrons. The van der Waals surface area contributed by atoms with Crippen LogP contribution in [0.3, 0.4) is 0 Å². The Balaban J connectivity index is 1.65. The lowest BCUT2D eigenvalue weighted by atomic mass is 9.91. The summed E-state index contributed by atoms with van der Waals surface area (Å²) in [4.78, 5) is 13.5. The third kappa shape index (κ3) is 4.44. The van der Waals surface area contributed by atoms with Gasteiger partial charge in [-0.15, -0.1) is 5.10 Å². The molecule has 0 saturated carbocycles. The highest BCUT2D eigenvalue weighted by molar-refractivity contribution is 5.73. The zero-order valence-corrected chi connectivity index (χ0v) is 19.0. The number of methoxy groups -OCH3 is 1. The van der Waals surface area contributed by atoms with E-state index in [0.717, 1.165) is 28.3 Å². The van der Waals surface area contributed by atoms with Crippen LogP contribution in [0.5, 0.6) is 5.75 Å². The van der Waals surface area contributed by atoms with E-state index in [4.69, 9.17) is 15.5 Å². The second-order valence-electron chi connectivity index (χ2n) is 8.72. The van der Waals surface area contributed by atoms with E-state index < -0.39 is 0 Å². The van der Waals surface area contributed by atoms with Gasteiger partial charge in [-0.3, -0.25) is 4.98 Å². The van der Waals surface area contributed by atoms with Crippen LogP contribution in [0.15, 0.2) is 48.7 Å². The molecule has 4 aromatic rings. The summed E-state index contributed by atoms with van der Waals surface area (Å²) >= 11 is 0. The quantitative estimate of drug-likeness (QED) is 0.510. The van der Waals surface area contributed by atoms with Crippen LogP contribution in [0, 0.1) is 6.92 Å². The fourth-order valence-electron chi connectivity index (χ4n) is 3.50. The Morgan fingerprint density at radius 1 is 0.969 bits per heavy atom. The molecule has 0 unspecified atom stereocenters. The molecule has 8 heteroatoms. The average Bonchev–Trinajstić information content (AvgIpc) is 3.21. The Morgan fingerprint density at radius 3 is 2.47 bits per heavy atom. The van der Waals surface area contributed by atoms with E-state index in [2.05, 4.69) is 41.1 Å². The molecule has 0 atom stereocenters. The minimum atomic E-state index is -0.0186. The number of aromatic nitrogens is 6. The summed E-state index contributed by atoms with van der Waals surface area (Å²) in [5.74, 6) is 0.917. The lowest BCUT2D eigenvalue weighted by molar-refractivity contribution is 0.413. The van der Waals surface area contributed by atoms with Gasteiger partial charge in [-0.05, 0) is 36.8 Å². The van der Waals surface area contributed by atoms with Crippen molar-refractivity contribution in [3.05, 3.63) is 65.6 Å². The molecule has 1 aromatic carbocycles. The second kappa shape index (κ2) is 8.37. The van der Waals surface area contributed by atoms with Crippen molar-refractivity contribution in [1.29, 1.82) is 0 Å². The van der Waals surface area contributed by atoms with E-state index in [0.29, 0.717) is 23.6 Å². The smallest absolute Gasteiger partial charge is 0.221 e. The van der Waals surface area contributed by atoms with Gasteiger partial charge < -0.3 is 10.5 Å². The molecule has 0 fully saturated rings. The molecule has 0 aliphatic heterocycles. The maximum atomic E-state index is 6.02. The minimum Gasteiger partial charge on any atom is -0.496 e. The van der Waals surface area contributed by atoms with Crippen LogP contribution in [0.1, 0.15) is 37.7 Å². The molecule has 0 saturated heterocycles. The van der Waals surface area contributed by atoms with E-state index in [1.165, 1.54) is 0 Å². The van der Waals surface area contributed by atoms with Crippen LogP contribution < -0.4 is 10.5 Å². The van der Waals surface area contributed by atoms with Crippen LogP contribution >= 0.6 is 0 Å². The maximum absolute atomic E-state index is 6.02. The topological polar surface area (TPSA) is 105 Å². The normalized spacial score (nSPS) is 11.5. The summed E-state index contributed by atoms with van der Waals surface area (Å²) in [6.45, 7) is 8.94. The van der Waals surface area contributed by atoms with Gasteiger partial charge in [0, 0.05) is 16.7 Å². The fraction of sp³-hybridized carbons (Fsp3) is 0.292. The molecule has 3 heterocycles. The molecule has 0 aliphatic carbocycles. The Labute approximate surface area is 187 Å². The van der Waals surface area contributed by atoms with E-state index in [-0.39, 0.29) is 11.4 Å². The van der Waals surface area contributed by atoms with Crippen LogP contribution in [-0.4, -0.2) is 37.1 Å². The number of aryl methyl sites for hydroxylation is 1. The lowest BCUT2D eigenvalue weighted by Crippen LogP contribution is -2.15. The van der Waals surface area contributed by atoms with E-state index >= 15 is 0 Å². The minimum absolute atomic E-state index is 0.0186. The van der Waals surface area contributed by atoms with Crippen LogP contribution in [-0.2, 0) is 12.0 Å². The van der Waals surface area contributed by atoms with E-state index in [1.54, 1.807) is 11.8 Å². The number of ether oxygens (including phenoxy) is 1. The van der Waals surface area contributed by atoms with Gasteiger partial charge in [0.2, 0.25) is 5.95 Å². The van der Waals surface area contributed by atoms with Gasteiger partial charge in [0.1, 0.15) is 11.4 Å². The van der Waals surface area contributed by atoms with Crippen molar-refractivity contribution in [2.24, 2.45) is 0 Å². The molecule has 0 bridgehead atoms. The molecule has 0 amide bonds. The summed E-state index contributed by atoms with van der Waals surface area (Å²) < 4.78 is 7.33. The lowest BCUT2D eigenvalue weighted by Gasteiger charge is -2.18. The summed E-state index contributed by atoms with van der Waals surface area (Å²) in [6, 6.07) is 13.8. The number of para-hydroxylation sites is 1. The van der Waals surface area contributed by atoms with Crippen molar-refractivity contribution in [1.82, 2.24) is 29.9 Å². The Hall–Kier alpha value is -3.81. The average molecular weight is 430 g/mol. The third-order valence-corrected chi connectivity index (χ3v) is 5.14. The fourth-order valence-corrected chi connectivity index (χ4v) is 3.50. The SMILES string of the molecule is COc1c(C)cccc1-c1cc(-c2cn(Cc3cccc(C(C)(C)C)n3)nn2)nc(N)n1. The van der Waals surface area contributed by atoms with Gasteiger partial charge >= 0.3 is 0 Å². The molecule has 3 aromatic heterocycles. The molecule has 164 valence electrons. The van der Waals surface area contributed by atoms with Crippen LogP contribution in [0.25, 0.3) is 22.6 Å². The maximum Gasteiger partial charge on any atom is 0.221 e. The number of pyridine rings is 1. The van der Waals surface area contributed by atoms with Crippen LogP contribution in [0.4, 0.5) is 5.95 Å². The van der Waals surface area contributed by atoms with Crippen molar-refractivity contribution in [3.8, 4) is 28.4 Å². The largest absolute Gasteiger partial charge is 0.496 e. The number of hydrogen-bond acceptors (Lipinski definition) is 7. The number of hydrogen-bond donors (Lipinski definition) is 1. The predicted octanol–water partition coefficient (Wildman–Crippen LogP) is 4.04. The monoisotopic (exact) mass is 429 g/mol. The van der Waals surface area contributed by atoms with Crippen molar-refractivity contribution in [3.63, 3.8) is 0 Å². The number of nitrogen functional groups attached to an aromatic ring is 1. The first kappa shape index (κ1) is 21.4. The predicted molar refractivity (Wildman–Crippen MR) is 124 cm³/mol. The highest BCUT2D eigenvalue weighted by atomic mass is 16.5. The number of benzene rings is 1. The number of nitrogens with two attached hydrogens (primary N) is 1. The molecular formula is C24H27N7O. The highest BCUT2D eigenvalue weighted by Gasteiger charge is 2.17.